The molecule has 3 aliphatic rings. The van der Waals surface area contributed by atoms with Crippen LogP contribution in [0, 0.1) is 29.1 Å². The summed E-state index contributed by atoms with van der Waals surface area (Å²) in [7, 11) is -3.20. The molecule has 4 atom stereocenters. The molecule has 4 nitrogen and oxygen atoms in total. The van der Waals surface area contributed by atoms with Crippen molar-refractivity contribution in [2.24, 2.45) is 17.8 Å². The maximum atomic E-state index is 13.2. The fourth-order valence-corrected chi connectivity index (χ4v) is 6.85. The van der Waals surface area contributed by atoms with Gasteiger partial charge >= 0.3 is 6.18 Å². The SMILES string of the molecule is N#Cc1ccc(N2C[C@@H]3[C@@H]([C@H]4C=C[C@@H]3C4)S2(O)O)cc1C(F)(F)F. The smallest absolute Gasteiger partial charge is 0.281 e. The van der Waals surface area contributed by atoms with Crippen LogP contribution in [-0.2, 0) is 6.18 Å². The van der Waals surface area contributed by atoms with Gasteiger partial charge in [0.2, 0.25) is 0 Å². The standard InChI is InChI=1S/C16H15F3N2O2S/c17-16(18,19)14-6-12(4-3-11(14)7-20)21-8-13-9-1-2-10(5-9)15(13)24(21,22)23/h1-4,6,9-10,13,15,22-23H,5,8H2/t9-,10+,13+,15-/m1/s1. The second-order valence-electron chi connectivity index (χ2n) is 6.54. The van der Waals surface area contributed by atoms with Crippen molar-refractivity contribution in [3.05, 3.63) is 41.5 Å². The number of anilines is 1. The molecular weight excluding hydrogens is 341 g/mol. The zero-order chi connectivity index (χ0) is 17.3. The molecule has 4 rings (SSSR count). The van der Waals surface area contributed by atoms with Crippen molar-refractivity contribution in [1.29, 1.82) is 5.26 Å². The van der Waals surface area contributed by atoms with Gasteiger partial charge < -0.3 is 0 Å². The van der Waals surface area contributed by atoms with Crippen molar-refractivity contribution in [2.75, 3.05) is 10.8 Å². The van der Waals surface area contributed by atoms with Crippen LogP contribution in [0.1, 0.15) is 17.5 Å². The van der Waals surface area contributed by atoms with Gasteiger partial charge in [-0.15, -0.1) is 10.8 Å². The van der Waals surface area contributed by atoms with E-state index < -0.39 is 28.1 Å². The molecule has 2 N–H and O–H groups in total. The average molecular weight is 356 g/mol. The fourth-order valence-electron chi connectivity index (χ4n) is 4.32. The van der Waals surface area contributed by atoms with E-state index in [0.717, 1.165) is 18.6 Å². The Balaban J connectivity index is 1.74. The van der Waals surface area contributed by atoms with Gasteiger partial charge in [0.05, 0.1) is 28.1 Å². The lowest BCUT2D eigenvalue weighted by Crippen LogP contribution is -2.28. The van der Waals surface area contributed by atoms with Crippen molar-refractivity contribution in [3.8, 4) is 6.07 Å². The number of benzene rings is 1. The number of nitrogens with zero attached hydrogens (tertiary/aromatic N) is 2. The number of nitriles is 1. The Bertz CT molecular complexity index is 772. The van der Waals surface area contributed by atoms with Crippen LogP contribution >= 0.6 is 10.8 Å². The Hall–Kier alpha value is -1.69. The third-order valence-corrected chi connectivity index (χ3v) is 7.76. The first-order valence-corrected chi connectivity index (χ1v) is 9.14. The van der Waals surface area contributed by atoms with Crippen LogP contribution in [0.25, 0.3) is 0 Å². The lowest BCUT2D eigenvalue weighted by molar-refractivity contribution is -0.137. The quantitative estimate of drug-likeness (QED) is 0.738. The summed E-state index contributed by atoms with van der Waals surface area (Å²) in [4.78, 5) is 0. The molecule has 8 heteroatoms. The van der Waals surface area contributed by atoms with Gasteiger partial charge in [-0.05, 0) is 36.5 Å². The van der Waals surface area contributed by atoms with E-state index in [4.69, 9.17) is 5.26 Å². The number of alkyl halides is 3. The molecule has 128 valence electrons. The summed E-state index contributed by atoms with van der Waals surface area (Å²) in [5, 5.41) is 8.56. The minimum absolute atomic E-state index is 0.0509. The van der Waals surface area contributed by atoms with E-state index in [9.17, 15) is 22.3 Å². The molecule has 0 radical (unpaired) electrons. The molecule has 1 saturated heterocycles. The first-order valence-electron chi connectivity index (χ1n) is 7.58. The summed E-state index contributed by atoms with van der Waals surface area (Å²) >= 11 is 0. The number of fused-ring (bicyclic) bond motifs is 5. The Morgan fingerprint density at radius 1 is 1.21 bits per heavy atom. The van der Waals surface area contributed by atoms with Gasteiger partial charge in [0.15, 0.2) is 0 Å². The van der Waals surface area contributed by atoms with Crippen LogP contribution in [0.3, 0.4) is 0 Å². The normalized spacial score (nSPS) is 34.2. The molecule has 2 aliphatic carbocycles. The van der Waals surface area contributed by atoms with Crippen molar-refractivity contribution in [3.63, 3.8) is 0 Å². The van der Waals surface area contributed by atoms with Crippen LogP contribution in [0.2, 0.25) is 0 Å². The van der Waals surface area contributed by atoms with Gasteiger partial charge in [0, 0.05) is 12.5 Å². The fraction of sp³-hybridized carbons (Fsp3) is 0.438. The Morgan fingerprint density at radius 3 is 2.54 bits per heavy atom. The lowest BCUT2D eigenvalue weighted by Gasteiger charge is -2.43. The first kappa shape index (κ1) is 15.8. The van der Waals surface area contributed by atoms with Crippen LogP contribution < -0.4 is 4.31 Å². The summed E-state index contributed by atoms with van der Waals surface area (Å²) < 4.78 is 62.2. The molecule has 2 fully saturated rings. The predicted molar refractivity (Wildman–Crippen MR) is 84.4 cm³/mol. The van der Waals surface area contributed by atoms with Crippen LogP contribution in [0.5, 0.6) is 0 Å². The van der Waals surface area contributed by atoms with Gasteiger partial charge in [-0.2, -0.15) is 18.4 Å². The van der Waals surface area contributed by atoms with Crippen molar-refractivity contribution < 1.29 is 22.3 Å². The zero-order valence-electron chi connectivity index (χ0n) is 12.4. The lowest BCUT2D eigenvalue weighted by atomic mass is 9.93. The minimum atomic E-state index is -4.67. The highest BCUT2D eigenvalue weighted by Gasteiger charge is 2.58. The Kier molecular flexibility index (Phi) is 3.24. The molecule has 24 heavy (non-hydrogen) atoms. The minimum Gasteiger partial charge on any atom is -0.281 e. The monoisotopic (exact) mass is 356 g/mol. The molecule has 0 amide bonds. The molecule has 1 saturated carbocycles. The highest BCUT2D eigenvalue weighted by atomic mass is 32.3. The average Bonchev–Trinajstić information content (AvgIpc) is 3.18. The highest BCUT2D eigenvalue weighted by molar-refractivity contribution is 8.26. The number of allylic oxidation sites excluding steroid dienone is 2. The van der Waals surface area contributed by atoms with Crippen LogP contribution in [0.4, 0.5) is 18.9 Å². The molecule has 1 aromatic rings. The van der Waals surface area contributed by atoms with Crippen LogP contribution in [0.15, 0.2) is 30.4 Å². The predicted octanol–water partition coefficient (Wildman–Crippen LogP) is 4.25. The second kappa shape index (κ2) is 4.91. The maximum Gasteiger partial charge on any atom is 0.417 e. The molecule has 2 bridgehead atoms. The van der Waals surface area contributed by atoms with E-state index in [1.807, 2.05) is 6.08 Å². The third-order valence-electron chi connectivity index (χ3n) is 5.33. The molecule has 1 aliphatic heterocycles. The summed E-state index contributed by atoms with van der Waals surface area (Å²) in [5.41, 5.74) is -1.41. The van der Waals surface area contributed by atoms with Gasteiger partial charge in [0.1, 0.15) is 0 Å². The van der Waals surface area contributed by atoms with E-state index in [2.05, 4.69) is 6.08 Å². The second-order valence-corrected chi connectivity index (χ2v) is 8.65. The summed E-state index contributed by atoms with van der Waals surface area (Å²) in [6.45, 7) is 0.321. The topological polar surface area (TPSA) is 67.5 Å². The van der Waals surface area contributed by atoms with E-state index in [1.165, 1.54) is 16.4 Å². The molecule has 0 unspecified atom stereocenters. The van der Waals surface area contributed by atoms with Gasteiger partial charge in [-0.3, -0.25) is 13.4 Å². The van der Waals surface area contributed by atoms with Crippen molar-refractivity contribution in [1.82, 2.24) is 0 Å². The highest BCUT2D eigenvalue weighted by Crippen LogP contribution is 2.68. The first-order chi connectivity index (χ1) is 11.2. The van der Waals surface area contributed by atoms with Gasteiger partial charge in [-0.25, -0.2) is 0 Å². The summed E-state index contributed by atoms with van der Waals surface area (Å²) in [6, 6.07) is 4.84. The molecule has 1 heterocycles. The van der Waals surface area contributed by atoms with Gasteiger partial charge in [0.25, 0.3) is 0 Å². The van der Waals surface area contributed by atoms with Crippen LogP contribution in [-0.4, -0.2) is 20.9 Å². The summed E-state index contributed by atoms with van der Waals surface area (Å²) in [6.07, 6.45) is 0.286. The molecule has 0 spiro atoms. The van der Waals surface area contributed by atoms with E-state index >= 15 is 0 Å². The zero-order valence-corrected chi connectivity index (χ0v) is 13.3. The number of hydrogen-bond donors (Lipinski definition) is 2. The van der Waals surface area contributed by atoms with E-state index in [1.54, 1.807) is 0 Å². The number of hydrogen-bond acceptors (Lipinski definition) is 4. The molecule has 0 aromatic heterocycles. The third kappa shape index (κ3) is 2.08. The molecular formula is C16H15F3N2O2S. The maximum absolute atomic E-state index is 13.2. The van der Waals surface area contributed by atoms with Crippen molar-refractivity contribution in [2.45, 2.75) is 17.8 Å². The summed E-state index contributed by atoms with van der Waals surface area (Å²) in [5.74, 6) is 0.391. The van der Waals surface area contributed by atoms with E-state index in [0.29, 0.717) is 6.54 Å². The largest absolute Gasteiger partial charge is 0.417 e. The molecule has 1 aromatic carbocycles. The Morgan fingerprint density at radius 2 is 1.92 bits per heavy atom. The number of rotatable bonds is 1. The van der Waals surface area contributed by atoms with Gasteiger partial charge in [-0.1, -0.05) is 12.2 Å². The van der Waals surface area contributed by atoms with E-state index in [-0.39, 0.29) is 28.7 Å². The van der Waals surface area contributed by atoms with Crippen molar-refractivity contribution >= 4 is 16.5 Å². The number of halogens is 3. The Labute approximate surface area is 138 Å².